The van der Waals surface area contributed by atoms with Crippen LogP contribution in [0.1, 0.15) is 40.2 Å². The summed E-state index contributed by atoms with van der Waals surface area (Å²) in [5.74, 6) is -0.383. The third-order valence-corrected chi connectivity index (χ3v) is 4.53. The van der Waals surface area contributed by atoms with Crippen molar-refractivity contribution in [3.05, 3.63) is 53.3 Å². The van der Waals surface area contributed by atoms with Gasteiger partial charge in [0.1, 0.15) is 5.75 Å². The van der Waals surface area contributed by atoms with Crippen molar-refractivity contribution in [2.45, 2.75) is 31.4 Å². The number of nitrogens with one attached hydrogen (secondary N) is 1. The number of fused-ring (bicyclic) bond motifs is 1. The van der Waals surface area contributed by atoms with E-state index < -0.39 is 18.6 Å². The fourth-order valence-corrected chi connectivity index (χ4v) is 3.12. The van der Waals surface area contributed by atoms with E-state index in [4.69, 9.17) is 4.74 Å². The fourth-order valence-electron chi connectivity index (χ4n) is 3.12. The largest absolute Gasteiger partial charge is 0.493 e. The van der Waals surface area contributed by atoms with Crippen LogP contribution in [0.5, 0.6) is 5.75 Å². The van der Waals surface area contributed by atoms with Gasteiger partial charge >= 0.3 is 12.1 Å². The van der Waals surface area contributed by atoms with E-state index in [0.717, 1.165) is 12.0 Å². The molecule has 1 aliphatic rings. The molecule has 0 amide bonds. The zero-order chi connectivity index (χ0) is 19.4. The lowest BCUT2D eigenvalue weighted by Gasteiger charge is -2.27. The minimum atomic E-state index is -4.19. The monoisotopic (exact) mass is 380 g/mol. The molecule has 2 aromatic rings. The zero-order valence-corrected chi connectivity index (χ0v) is 14.4. The lowest BCUT2D eigenvalue weighted by atomic mass is 9.91. The third-order valence-electron chi connectivity index (χ3n) is 4.53. The van der Waals surface area contributed by atoms with Gasteiger partial charge in [-0.2, -0.15) is 13.2 Å². The standard InChI is InChI=1S/C19H19F3N2O3/c20-19(21,22)6-3-12-1-2-14-13(5-8-27-17(14)9-12)10-24-16-11-23-7-4-15(16)18(25)26/h1-2,4,7,9,11,13,24H,3,5-6,8,10H2,(H,25,26). The van der Waals surface area contributed by atoms with Crippen molar-refractivity contribution in [1.82, 2.24) is 4.98 Å². The molecule has 0 bridgehead atoms. The van der Waals surface area contributed by atoms with Gasteiger partial charge in [0.25, 0.3) is 0 Å². The number of ether oxygens (including phenoxy) is 1. The third kappa shape index (κ3) is 4.90. The van der Waals surface area contributed by atoms with Crippen LogP contribution in [-0.2, 0) is 6.42 Å². The molecule has 144 valence electrons. The number of rotatable bonds is 6. The van der Waals surface area contributed by atoms with Gasteiger partial charge in [-0.15, -0.1) is 0 Å². The Morgan fingerprint density at radius 3 is 2.89 bits per heavy atom. The van der Waals surface area contributed by atoms with Crippen molar-refractivity contribution in [2.75, 3.05) is 18.5 Å². The number of carboxylic acids is 1. The number of aromatic nitrogens is 1. The summed E-state index contributed by atoms with van der Waals surface area (Å²) in [6.07, 6.45) is -1.53. The van der Waals surface area contributed by atoms with E-state index in [2.05, 4.69) is 10.3 Å². The number of nitrogens with zero attached hydrogens (tertiary/aromatic N) is 1. The number of aryl methyl sites for hydroxylation is 1. The van der Waals surface area contributed by atoms with Gasteiger partial charge in [0.15, 0.2) is 0 Å². The number of hydrogen-bond donors (Lipinski definition) is 2. The van der Waals surface area contributed by atoms with E-state index >= 15 is 0 Å². The maximum atomic E-state index is 12.4. The highest BCUT2D eigenvalue weighted by atomic mass is 19.4. The van der Waals surface area contributed by atoms with Crippen LogP contribution in [0.3, 0.4) is 0 Å². The summed E-state index contributed by atoms with van der Waals surface area (Å²) in [5.41, 5.74) is 2.06. The first-order chi connectivity index (χ1) is 12.8. The number of benzene rings is 1. The summed E-state index contributed by atoms with van der Waals surface area (Å²) in [6, 6.07) is 6.59. The fraction of sp³-hybridized carbons (Fsp3) is 0.368. The second kappa shape index (κ2) is 7.85. The molecule has 0 radical (unpaired) electrons. The predicted molar refractivity (Wildman–Crippen MR) is 93.4 cm³/mol. The second-order valence-corrected chi connectivity index (χ2v) is 6.43. The van der Waals surface area contributed by atoms with Crippen LogP contribution in [0, 0.1) is 0 Å². The van der Waals surface area contributed by atoms with E-state index in [-0.39, 0.29) is 17.9 Å². The molecule has 0 saturated carbocycles. The topological polar surface area (TPSA) is 71.5 Å². The molecular weight excluding hydrogens is 361 g/mol. The van der Waals surface area contributed by atoms with E-state index in [1.54, 1.807) is 18.2 Å². The van der Waals surface area contributed by atoms with Gasteiger partial charge < -0.3 is 15.2 Å². The maximum absolute atomic E-state index is 12.4. The number of halogens is 3. The molecule has 0 aliphatic carbocycles. The van der Waals surface area contributed by atoms with Gasteiger partial charge in [0, 0.05) is 25.1 Å². The molecule has 5 nitrogen and oxygen atoms in total. The average molecular weight is 380 g/mol. The lowest BCUT2D eigenvalue weighted by Crippen LogP contribution is -2.21. The smallest absolute Gasteiger partial charge is 0.389 e. The highest BCUT2D eigenvalue weighted by molar-refractivity contribution is 5.93. The number of anilines is 1. The second-order valence-electron chi connectivity index (χ2n) is 6.43. The van der Waals surface area contributed by atoms with Crippen LogP contribution in [0.25, 0.3) is 0 Å². The first-order valence-corrected chi connectivity index (χ1v) is 8.57. The Kier molecular flexibility index (Phi) is 5.53. The molecule has 1 aliphatic heterocycles. The molecule has 1 unspecified atom stereocenters. The Morgan fingerprint density at radius 2 is 2.15 bits per heavy atom. The average Bonchev–Trinajstić information content (AvgIpc) is 2.64. The van der Waals surface area contributed by atoms with Crippen LogP contribution >= 0.6 is 0 Å². The molecule has 0 saturated heterocycles. The van der Waals surface area contributed by atoms with Gasteiger partial charge in [0.05, 0.1) is 24.1 Å². The first kappa shape index (κ1) is 19.0. The van der Waals surface area contributed by atoms with Gasteiger partial charge in [0.2, 0.25) is 0 Å². The van der Waals surface area contributed by atoms with Crippen LogP contribution in [0.2, 0.25) is 0 Å². The molecule has 2 heterocycles. The Bertz CT molecular complexity index is 824. The van der Waals surface area contributed by atoms with Crippen molar-refractivity contribution in [1.29, 1.82) is 0 Å². The van der Waals surface area contributed by atoms with Crippen LogP contribution < -0.4 is 10.1 Å². The molecule has 0 spiro atoms. The molecule has 1 aromatic heterocycles. The number of alkyl halides is 3. The van der Waals surface area contributed by atoms with Crippen molar-refractivity contribution in [2.24, 2.45) is 0 Å². The number of aromatic carboxylic acids is 1. The summed E-state index contributed by atoms with van der Waals surface area (Å²) in [7, 11) is 0. The Hall–Kier alpha value is -2.77. The predicted octanol–water partition coefficient (Wildman–Crippen LogP) is 4.25. The zero-order valence-electron chi connectivity index (χ0n) is 14.4. The minimum Gasteiger partial charge on any atom is -0.493 e. The molecule has 0 fully saturated rings. The molecule has 8 heteroatoms. The van der Waals surface area contributed by atoms with E-state index in [0.29, 0.717) is 30.2 Å². The SMILES string of the molecule is O=C(O)c1ccncc1NCC1CCOc2cc(CCC(F)(F)F)ccc21. The van der Waals surface area contributed by atoms with Crippen molar-refractivity contribution in [3.63, 3.8) is 0 Å². The van der Waals surface area contributed by atoms with Gasteiger partial charge in [-0.3, -0.25) is 4.98 Å². The number of hydrogen-bond acceptors (Lipinski definition) is 4. The summed E-state index contributed by atoms with van der Waals surface area (Å²) in [5, 5.41) is 12.3. The first-order valence-electron chi connectivity index (χ1n) is 8.57. The number of carboxylic acid groups (broad SMARTS) is 1. The lowest BCUT2D eigenvalue weighted by molar-refractivity contribution is -0.134. The van der Waals surface area contributed by atoms with Crippen molar-refractivity contribution >= 4 is 11.7 Å². The molecule has 27 heavy (non-hydrogen) atoms. The van der Waals surface area contributed by atoms with Gasteiger partial charge in [-0.05, 0) is 36.1 Å². The summed E-state index contributed by atoms with van der Waals surface area (Å²) in [4.78, 5) is 15.2. The molecule has 1 atom stereocenters. The molecular formula is C19H19F3N2O3. The maximum Gasteiger partial charge on any atom is 0.389 e. The van der Waals surface area contributed by atoms with Gasteiger partial charge in [-0.1, -0.05) is 12.1 Å². The summed E-state index contributed by atoms with van der Waals surface area (Å²) in [6.45, 7) is 0.936. The molecule has 3 rings (SSSR count). The Labute approximate surface area is 154 Å². The van der Waals surface area contributed by atoms with Gasteiger partial charge in [-0.25, -0.2) is 4.79 Å². The Morgan fingerprint density at radius 1 is 1.33 bits per heavy atom. The Balaban J connectivity index is 1.70. The van der Waals surface area contributed by atoms with Crippen LogP contribution in [-0.4, -0.2) is 35.4 Å². The normalized spacial score (nSPS) is 16.3. The highest BCUT2D eigenvalue weighted by Gasteiger charge is 2.27. The van der Waals surface area contributed by atoms with E-state index in [1.165, 1.54) is 18.5 Å². The minimum absolute atomic E-state index is 0.0623. The summed E-state index contributed by atoms with van der Waals surface area (Å²) >= 11 is 0. The number of carbonyl (C=O) groups is 1. The summed E-state index contributed by atoms with van der Waals surface area (Å²) < 4.78 is 42.8. The quantitative estimate of drug-likeness (QED) is 0.784. The molecule has 2 N–H and O–H groups in total. The highest BCUT2D eigenvalue weighted by Crippen LogP contribution is 2.35. The van der Waals surface area contributed by atoms with Crippen LogP contribution in [0.15, 0.2) is 36.7 Å². The van der Waals surface area contributed by atoms with Crippen molar-refractivity contribution < 1.29 is 27.8 Å². The molecule has 1 aromatic carbocycles. The van der Waals surface area contributed by atoms with Crippen molar-refractivity contribution in [3.8, 4) is 5.75 Å². The van der Waals surface area contributed by atoms with E-state index in [1.807, 2.05) is 0 Å². The number of pyridine rings is 1. The van der Waals surface area contributed by atoms with E-state index in [9.17, 15) is 23.1 Å². The van der Waals surface area contributed by atoms with Crippen LogP contribution in [0.4, 0.5) is 18.9 Å².